The van der Waals surface area contributed by atoms with Gasteiger partial charge in [-0.2, -0.15) is 5.10 Å². The molecular weight excluding hydrogens is 438 g/mol. The zero-order valence-corrected chi connectivity index (χ0v) is 18.5. The van der Waals surface area contributed by atoms with E-state index in [1.165, 1.54) is 24.5 Å². The standard InChI is InChI=1S/C24H23N5O5/c1-15-21-18(26-27-20(30)14-33-17-6-3-2-4-7-17)8-5-9-19(21)34-22(15)24(32)29-28-23(31)16-10-12-25-13-11-16/h2-4,6-7,10-13H,5,8-9,14H2,1H3,(H,27,30)(H,28,31)(H,29,32)/b26-18+. The molecule has 0 fully saturated rings. The lowest BCUT2D eigenvalue weighted by Crippen LogP contribution is -2.41. The van der Waals surface area contributed by atoms with Crippen molar-refractivity contribution in [2.75, 3.05) is 6.61 Å². The predicted molar refractivity (Wildman–Crippen MR) is 122 cm³/mol. The van der Waals surface area contributed by atoms with Crippen LogP contribution < -0.4 is 21.0 Å². The minimum Gasteiger partial charge on any atom is -0.484 e. The quantitative estimate of drug-likeness (QED) is 0.482. The number of hydrazone groups is 1. The average Bonchev–Trinajstić information content (AvgIpc) is 3.22. The van der Waals surface area contributed by atoms with E-state index >= 15 is 0 Å². The van der Waals surface area contributed by atoms with Crippen molar-refractivity contribution >= 4 is 23.4 Å². The predicted octanol–water partition coefficient (Wildman–Crippen LogP) is 2.29. The highest BCUT2D eigenvalue weighted by atomic mass is 16.5. The lowest BCUT2D eigenvalue weighted by atomic mass is 9.93. The summed E-state index contributed by atoms with van der Waals surface area (Å²) in [4.78, 5) is 40.8. The maximum atomic E-state index is 12.7. The Hall–Kier alpha value is -4.47. The molecule has 34 heavy (non-hydrogen) atoms. The number of para-hydroxylation sites is 1. The van der Waals surface area contributed by atoms with Crippen LogP contribution in [0.3, 0.4) is 0 Å². The number of carbonyl (C=O) groups excluding carboxylic acids is 3. The Morgan fingerprint density at radius 3 is 2.53 bits per heavy atom. The third-order valence-electron chi connectivity index (χ3n) is 5.19. The molecule has 10 heteroatoms. The Morgan fingerprint density at radius 1 is 1.03 bits per heavy atom. The van der Waals surface area contributed by atoms with E-state index in [9.17, 15) is 14.4 Å². The van der Waals surface area contributed by atoms with Crippen LogP contribution in [0.15, 0.2) is 64.4 Å². The van der Waals surface area contributed by atoms with Gasteiger partial charge < -0.3 is 9.15 Å². The van der Waals surface area contributed by atoms with E-state index in [0.717, 1.165) is 6.42 Å². The van der Waals surface area contributed by atoms with E-state index in [-0.39, 0.29) is 12.4 Å². The fraction of sp³-hybridized carbons (Fsp3) is 0.208. The third-order valence-corrected chi connectivity index (χ3v) is 5.19. The molecule has 1 aromatic carbocycles. The van der Waals surface area contributed by atoms with E-state index in [1.54, 1.807) is 19.1 Å². The molecule has 10 nitrogen and oxygen atoms in total. The van der Waals surface area contributed by atoms with Crippen molar-refractivity contribution in [2.24, 2.45) is 5.10 Å². The number of nitrogens with zero attached hydrogens (tertiary/aromatic N) is 2. The van der Waals surface area contributed by atoms with E-state index < -0.39 is 17.7 Å². The first-order valence-corrected chi connectivity index (χ1v) is 10.7. The number of hydrazine groups is 1. The molecule has 0 unspecified atom stereocenters. The van der Waals surface area contributed by atoms with Gasteiger partial charge in [0.25, 0.3) is 11.8 Å². The second kappa shape index (κ2) is 10.4. The fourth-order valence-electron chi connectivity index (χ4n) is 3.57. The van der Waals surface area contributed by atoms with Crippen LogP contribution in [-0.4, -0.2) is 35.0 Å². The molecule has 174 valence electrons. The molecule has 0 radical (unpaired) electrons. The van der Waals surface area contributed by atoms with Crippen LogP contribution in [0, 0.1) is 6.92 Å². The van der Waals surface area contributed by atoms with Gasteiger partial charge in [0, 0.05) is 35.5 Å². The van der Waals surface area contributed by atoms with Crippen LogP contribution in [0.4, 0.5) is 0 Å². The number of fused-ring (bicyclic) bond motifs is 1. The van der Waals surface area contributed by atoms with Crippen LogP contribution in [0.5, 0.6) is 5.75 Å². The molecule has 4 rings (SSSR count). The van der Waals surface area contributed by atoms with Gasteiger partial charge >= 0.3 is 5.91 Å². The first-order chi connectivity index (χ1) is 16.5. The van der Waals surface area contributed by atoms with Crippen LogP contribution in [0.25, 0.3) is 0 Å². The molecule has 0 atom stereocenters. The molecule has 0 saturated carbocycles. The highest BCUT2D eigenvalue weighted by molar-refractivity contribution is 6.07. The van der Waals surface area contributed by atoms with Gasteiger partial charge in [-0.25, -0.2) is 5.43 Å². The van der Waals surface area contributed by atoms with Gasteiger partial charge in [0.2, 0.25) is 0 Å². The number of ether oxygens (including phenoxy) is 1. The summed E-state index contributed by atoms with van der Waals surface area (Å²) >= 11 is 0. The monoisotopic (exact) mass is 461 g/mol. The Labute approximate surface area is 195 Å². The number of benzene rings is 1. The Bertz CT molecular complexity index is 1220. The number of furan rings is 1. The summed E-state index contributed by atoms with van der Waals surface area (Å²) in [5, 5.41) is 4.25. The molecule has 3 aromatic rings. The first kappa shape index (κ1) is 22.7. The fourth-order valence-corrected chi connectivity index (χ4v) is 3.57. The lowest BCUT2D eigenvalue weighted by Gasteiger charge is -2.13. The number of nitrogens with one attached hydrogen (secondary N) is 3. The SMILES string of the molecule is Cc1c(C(=O)NNC(=O)c2ccncc2)oc2c1/C(=N/NC(=O)COc1ccccc1)CCC2. The minimum atomic E-state index is -0.589. The zero-order valence-electron chi connectivity index (χ0n) is 18.5. The van der Waals surface area contributed by atoms with Gasteiger partial charge in [0.1, 0.15) is 11.5 Å². The van der Waals surface area contributed by atoms with Crippen molar-refractivity contribution in [1.82, 2.24) is 21.3 Å². The second-order valence-electron chi connectivity index (χ2n) is 7.55. The minimum absolute atomic E-state index is 0.0772. The van der Waals surface area contributed by atoms with Gasteiger partial charge in [-0.1, -0.05) is 18.2 Å². The van der Waals surface area contributed by atoms with Crippen molar-refractivity contribution in [3.05, 3.63) is 83.1 Å². The van der Waals surface area contributed by atoms with Crippen LogP contribution >= 0.6 is 0 Å². The van der Waals surface area contributed by atoms with Crippen molar-refractivity contribution < 1.29 is 23.5 Å². The highest BCUT2D eigenvalue weighted by Gasteiger charge is 2.28. The number of aromatic nitrogens is 1. The van der Waals surface area contributed by atoms with Gasteiger partial charge in [0.15, 0.2) is 12.4 Å². The molecule has 0 saturated heterocycles. The molecule has 2 aromatic heterocycles. The zero-order chi connectivity index (χ0) is 23.9. The third kappa shape index (κ3) is 5.29. The highest BCUT2D eigenvalue weighted by Crippen LogP contribution is 2.29. The molecule has 2 heterocycles. The lowest BCUT2D eigenvalue weighted by molar-refractivity contribution is -0.123. The summed E-state index contributed by atoms with van der Waals surface area (Å²) < 4.78 is 11.2. The summed E-state index contributed by atoms with van der Waals surface area (Å²) in [6.07, 6.45) is 4.97. The van der Waals surface area contributed by atoms with Gasteiger partial charge in [-0.15, -0.1) is 0 Å². The smallest absolute Gasteiger partial charge is 0.305 e. The molecule has 3 amide bonds. The second-order valence-corrected chi connectivity index (χ2v) is 7.55. The van der Waals surface area contributed by atoms with Crippen LogP contribution in [0.2, 0.25) is 0 Å². The number of aryl methyl sites for hydroxylation is 1. The molecule has 1 aliphatic carbocycles. The van der Waals surface area contributed by atoms with Crippen molar-refractivity contribution in [2.45, 2.75) is 26.2 Å². The molecule has 3 N–H and O–H groups in total. The van der Waals surface area contributed by atoms with Crippen LogP contribution in [-0.2, 0) is 11.2 Å². The van der Waals surface area contributed by atoms with Crippen molar-refractivity contribution in [3.63, 3.8) is 0 Å². The Kier molecular flexibility index (Phi) is 6.97. The van der Waals surface area contributed by atoms with Crippen molar-refractivity contribution in [3.8, 4) is 5.75 Å². The number of carbonyl (C=O) groups is 3. The molecule has 1 aliphatic rings. The molecule has 0 bridgehead atoms. The molecular formula is C24H23N5O5. The number of pyridine rings is 1. The molecule has 0 aliphatic heterocycles. The summed E-state index contributed by atoms with van der Waals surface area (Å²) in [6.45, 7) is 1.56. The van der Waals surface area contributed by atoms with E-state index in [2.05, 4.69) is 26.4 Å². The number of amides is 3. The van der Waals surface area contributed by atoms with E-state index in [1.807, 2.05) is 18.2 Å². The van der Waals surface area contributed by atoms with E-state index in [0.29, 0.717) is 46.8 Å². The van der Waals surface area contributed by atoms with Crippen molar-refractivity contribution in [1.29, 1.82) is 0 Å². The summed E-state index contributed by atoms with van der Waals surface area (Å²) in [6, 6.07) is 12.1. The Balaban J connectivity index is 1.40. The Morgan fingerprint density at radius 2 is 1.76 bits per heavy atom. The molecule has 0 spiro atoms. The van der Waals surface area contributed by atoms with E-state index in [4.69, 9.17) is 9.15 Å². The summed E-state index contributed by atoms with van der Waals surface area (Å²) in [5.41, 5.74) is 9.48. The van der Waals surface area contributed by atoms with Gasteiger partial charge in [-0.3, -0.25) is 30.2 Å². The average molecular weight is 461 g/mol. The first-order valence-electron chi connectivity index (χ1n) is 10.7. The maximum Gasteiger partial charge on any atom is 0.305 e. The number of hydrogen-bond donors (Lipinski definition) is 3. The number of rotatable bonds is 6. The maximum absolute atomic E-state index is 12.7. The largest absolute Gasteiger partial charge is 0.484 e. The normalized spacial score (nSPS) is 13.6. The van der Waals surface area contributed by atoms with Gasteiger partial charge in [0.05, 0.1) is 5.71 Å². The van der Waals surface area contributed by atoms with Gasteiger partial charge in [-0.05, 0) is 44.0 Å². The summed E-state index contributed by atoms with van der Waals surface area (Å²) in [5.74, 6) is -0.193. The number of hydrogen-bond acceptors (Lipinski definition) is 7. The topological polar surface area (TPSA) is 135 Å². The van der Waals surface area contributed by atoms with Crippen LogP contribution in [0.1, 0.15) is 50.6 Å². The summed E-state index contributed by atoms with van der Waals surface area (Å²) in [7, 11) is 0.